The minimum absolute atomic E-state index is 0. The number of hydrogen-bond acceptors (Lipinski definition) is 13. The normalized spacial score (nSPS) is 20.7. The van der Waals surface area contributed by atoms with Crippen molar-refractivity contribution in [3.63, 3.8) is 0 Å². The second-order valence-electron chi connectivity index (χ2n) is 6.33. The average Bonchev–Trinajstić information content (AvgIpc) is 2.83. The van der Waals surface area contributed by atoms with Gasteiger partial charge < -0.3 is 59.8 Å². The van der Waals surface area contributed by atoms with E-state index >= 15 is 0 Å². The summed E-state index contributed by atoms with van der Waals surface area (Å²) in [4.78, 5) is 0. The van der Waals surface area contributed by atoms with E-state index in [1.807, 2.05) is 0 Å². The van der Waals surface area contributed by atoms with E-state index in [2.05, 4.69) is 0 Å². The molecule has 2 fully saturated rings. The molecule has 0 unspecified atom stereocenters. The Labute approximate surface area is 282 Å². The van der Waals surface area contributed by atoms with Crippen LogP contribution in [0.5, 0.6) is 0 Å². The zero-order valence-corrected chi connectivity index (χ0v) is 29.5. The van der Waals surface area contributed by atoms with Crippen molar-refractivity contribution in [3.05, 3.63) is 0 Å². The van der Waals surface area contributed by atoms with Gasteiger partial charge in [-0.1, -0.05) is 0 Å². The Bertz CT molecular complexity index is 351. The summed E-state index contributed by atoms with van der Waals surface area (Å²) < 4.78 is 78.4. The summed E-state index contributed by atoms with van der Waals surface area (Å²) in [7, 11) is 0. The number of hydrogen-bond donors (Lipinski definition) is 0. The van der Waals surface area contributed by atoms with Crippen LogP contribution in [0.25, 0.3) is 0 Å². The Balaban J connectivity index is -0.000000502. The summed E-state index contributed by atoms with van der Waals surface area (Å²) in [5.74, 6) is 0. The van der Waals surface area contributed by atoms with Gasteiger partial charge in [-0.25, -0.2) is 0 Å². The molecule has 0 bridgehead atoms. The molecule has 0 saturated carbocycles. The molecule has 13 nitrogen and oxygen atoms in total. The van der Waals surface area contributed by atoms with E-state index in [9.17, 15) is 0 Å². The first kappa shape index (κ1) is 42.3. The molecule has 2 heterocycles. The number of rotatable bonds is 0. The van der Waals surface area contributed by atoms with E-state index < -0.39 is 14.0 Å². The molecular weight excluding hydrogens is 669 g/mol. The summed E-state index contributed by atoms with van der Waals surface area (Å²) in [6.45, 7) is 12.2. The van der Waals surface area contributed by atoms with E-state index in [0.717, 1.165) is 0 Å². The molecule has 0 atom stereocenters. The van der Waals surface area contributed by atoms with Gasteiger partial charge in [-0.3, -0.25) is 0 Å². The van der Waals surface area contributed by atoms with E-state index in [1.54, 1.807) is 0 Å². The predicted octanol–water partition coefficient (Wildman–Crippen LogP) is -6.18. The van der Waals surface area contributed by atoms with Crippen LogP contribution in [0.15, 0.2) is 0 Å². The van der Waals surface area contributed by atoms with Crippen LogP contribution in [-0.2, 0) is 72.7 Å². The van der Waals surface area contributed by atoms with Gasteiger partial charge >= 0.3 is 94.3 Å². The Morgan fingerprint density at radius 1 is 0.278 bits per heavy atom. The molecular formula is C20H40ClCrCsO13. The molecule has 2 saturated heterocycles. The van der Waals surface area contributed by atoms with Crippen LogP contribution in [0.2, 0.25) is 0 Å². The van der Waals surface area contributed by atoms with Crippen LogP contribution in [0, 0.1) is 0 Å². The second-order valence-corrected chi connectivity index (χ2v) is 6.97. The Hall–Kier alpha value is 1.87. The first-order valence-electron chi connectivity index (χ1n) is 11.3. The SMILES string of the molecule is C1COCCOCCOCCOCCO1.C1COCCOCCOCCOCCO1.[Cl-].[Cs+].[O]=[Cr](=[O])=[O]. The van der Waals surface area contributed by atoms with E-state index in [-0.39, 0.29) is 81.3 Å². The van der Waals surface area contributed by atoms with Crippen molar-refractivity contribution in [2.45, 2.75) is 0 Å². The second kappa shape index (κ2) is 39.0. The van der Waals surface area contributed by atoms with Gasteiger partial charge in [0.1, 0.15) is 0 Å². The summed E-state index contributed by atoms with van der Waals surface area (Å²) >= 11 is -3.79. The molecule has 0 radical (unpaired) electrons. The number of halogens is 1. The average molecular weight is 709 g/mol. The van der Waals surface area contributed by atoms with Gasteiger partial charge in [0, 0.05) is 0 Å². The van der Waals surface area contributed by atoms with Gasteiger partial charge in [0.2, 0.25) is 0 Å². The molecule has 212 valence electrons. The van der Waals surface area contributed by atoms with Gasteiger partial charge in [-0.2, -0.15) is 0 Å². The molecule has 2 aliphatic rings. The van der Waals surface area contributed by atoms with Crippen LogP contribution in [0.3, 0.4) is 0 Å². The molecule has 0 aromatic carbocycles. The predicted molar refractivity (Wildman–Crippen MR) is 110 cm³/mol. The van der Waals surface area contributed by atoms with Crippen molar-refractivity contribution in [3.8, 4) is 0 Å². The fourth-order valence-corrected chi connectivity index (χ4v) is 2.20. The molecule has 0 spiro atoms. The van der Waals surface area contributed by atoms with Crippen molar-refractivity contribution in [1.29, 1.82) is 0 Å². The van der Waals surface area contributed by atoms with Crippen LogP contribution < -0.4 is 81.3 Å². The maximum atomic E-state index is 8.54. The van der Waals surface area contributed by atoms with Gasteiger partial charge in [-0.15, -0.1) is 0 Å². The molecule has 0 amide bonds. The Morgan fingerprint density at radius 2 is 0.333 bits per heavy atom. The third-order valence-electron chi connectivity index (χ3n) is 3.72. The fourth-order valence-electron chi connectivity index (χ4n) is 2.20. The van der Waals surface area contributed by atoms with Gasteiger partial charge in [0.05, 0.1) is 132 Å². The summed E-state index contributed by atoms with van der Waals surface area (Å²) in [5, 5.41) is 0. The van der Waals surface area contributed by atoms with Crippen molar-refractivity contribution < 1.29 is 154 Å². The third kappa shape index (κ3) is 42.9. The standard InChI is InChI=1S/2C10H20O5.ClH.Cr.Cs.3O/c2*1-2-12-5-6-14-9-10-15-8-7-13-4-3-11-1;;;;;;/h2*1-10H2;1H;;;;;/q;;;;+1;;;/p-1. The van der Waals surface area contributed by atoms with Gasteiger partial charge in [0.15, 0.2) is 0 Å². The molecule has 36 heavy (non-hydrogen) atoms. The monoisotopic (exact) mass is 708 g/mol. The Kier molecular flexibility index (Phi) is 45.9. The van der Waals surface area contributed by atoms with Crippen molar-refractivity contribution in [2.24, 2.45) is 0 Å². The van der Waals surface area contributed by atoms with Crippen LogP contribution in [-0.4, -0.2) is 132 Å². The van der Waals surface area contributed by atoms with E-state index in [4.69, 9.17) is 58.8 Å². The molecule has 16 heteroatoms. The third-order valence-corrected chi connectivity index (χ3v) is 3.72. The first-order chi connectivity index (χ1) is 16.7. The molecule has 0 aliphatic carbocycles. The van der Waals surface area contributed by atoms with Crippen LogP contribution in [0.4, 0.5) is 0 Å². The quantitative estimate of drug-likeness (QED) is 0.236. The van der Waals surface area contributed by atoms with Crippen molar-refractivity contribution >= 4 is 0 Å². The molecule has 0 aromatic rings. The fraction of sp³-hybridized carbons (Fsp3) is 1.00. The van der Waals surface area contributed by atoms with E-state index in [1.165, 1.54) is 0 Å². The maximum absolute atomic E-state index is 8.54. The molecule has 0 aromatic heterocycles. The van der Waals surface area contributed by atoms with Crippen LogP contribution in [0.1, 0.15) is 0 Å². The first-order valence-corrected chi connectivity index (χ1v) is 12.8. The zero-order chi connectivity index (χ0) is 24.8. The molecule has 0 N–H and O–H groups in total. The van der Waals surface area contributed by atoms with Crippen molar-refractivity contribution in [1.82, 2.24) is 0 Å². The summed E-state index contributed by atoms with van der Waals surface area (Å²) in [6.07, 6.45) is 0. The summed E-state index contributed by atoms with van der Waals surface area (Å²) in [5.41, 5.74) is 0. The van der Waals surface area contributed by atoms with Crippen molar-refractivity contribution in [2.75, 3.05) is 132 Å². The van der Waals surface area contributed by atoms with Gasteiger partial charge in [-0.05, 0) is 0 Å². The minimum atomic E-state index is -3.79. The zero-order valence-electron chi connectivity index (χ0n) is 21.2. The van der Waals surface area contributed by atoms with E-state index in [0.29, 0.717) is 132 Å². The molecule has 2 aliphatic heterocycles. The topological polar surface area (TPSA) is 144 Å². The number of ether oxygens (including phenoxy) is 10. The van der Waals surface area contributed by atoms with Gasteiger partial charge in [0.25, 0.3) is 0 Å². The summed E-state index contributed by atoms with van der Waals surface area (Å²) in [6, 6.07) is 0. The van der Waals surface area contributed by atoms with Crippen LogP contribution >= 0.6 is 0 Å². The Morgan fingerprint density at radius 3 is 0.389 bits per heavy atom. The molecule has 2 rings (SSSR count).